The molecule has 0 bridgehead atoms. The van der Waals surface area contributed by atoms with Crippen LogP contribution in [0.3, 0.4) is 0 Å². The Labute approximate surface area is 238 Å². The Bertz CT molecular complexity index is 1060. The first-order valence-corrected chi connectivity index (χ1v) is 14.1. The summed E-state index contributed by atoms with van der Waals surface area (Å²) in [5.41, 5.74) is 4.43. The molecule has 40 heavy (non-hydrogen) atoms. The predicted molar refractivity (Wildman–Crippen MR) is 151 cm³/mol. The molecule has 2 atom stereocenters. The Morgan fingerprint density at radius 2 is 1.43 bits per heavy atom. The highest BCUT2D eigenvalue weighted by atomic mass is 16.6. The van der Waals surface area contributed by atoms with E-state index in [1.54, 1.807) is 13.0 Å². The standard InChI is InChI=1S/C31H47NO8/c1-20(38-27(35)22-11-9-8-10-12-22)16-31(32,28(36)37)17-21-13-14-23(39-25(33)18-29(2,3)4)24(15-21)40-26(34)19-30(5,6)7/h13-15,20,22H,8-12,16-19,32H2,1-7H3,(H,36,37)/t20-,31?/m0/s1. The molecular formula is C31H47NO8. The van der Waals surface area contributed by atoms with Gasteiger partial charge in [-0.2, -0.15) is 0 Å². The van der Waals surface area contributed by atoms with Crippen molar-refractivity contribution in [3.05, 3.63) is 23.8 Å². The Hall–Kier alpha value is -2.94. The normalized spacial score (nSPS) is 16.9. The first kappa shape index (κ1) is 33.3. The van der Waals surface area contributed by atoms with E-state index in [1.165, 1.54) is 12.1 Å². The van der Waals surface area contributed by atoms with Crippen LogP contribution in [0.5, 0.6) is 11.5 Å². The summed E-state index contributed by atoms with van der Waals surface area (Å²) in [5, 5.41) is 10.0. The van der Waals surface area contributed by atoms with E-state index in [1.807, 2.05) is 41.5 Å². The molecule has 9 nitrogen and oxygen atoms in total. The molecule has 1 saturated carbocycles. The van der Waals surface area contributed by atoms with E-state index in [-0.39, 0.29) is 59.9 Å². The quantitative estimate of drug-likeness (QED) is 0.261. The van der Waals surface area contributed by atoms with Gasteiger partial charge in [0.1, 0.15) is 11.6 Å². The summed E-state index contributed by atoms with van der Waals surface area (Å²) in [6.07, 6.45) is 3.94. The van der Waals surface area contributed by atoms with Gasteiger partial charge in [-0.3, -0.25) is 19.2 Å². The number of ether oxygens (including phenoxy) is 3. The number of carboxylic acids is 1. The first-order chi connectivity index (χ1) is 18.4. The number of hydrogen-bond acceptors (Lipinski definition) is 8. The lowest BCUT2D eigenvalue weighted by Crippen LogP contribution is -2.52. The minimum absolute atomic E-state index is 0.0125. The maximum absolute atomic E-state index is 12.6. The number of carboxylic acid groups (broad SMARTS) is 1. The molecule has 0 spiro atoms. The van der Waals surface area contributed by atoms with Crippen LogP contribution < -0.4 is 15.2 Å². The van der Waals surface area contributed by atoms with Gasteiger partial charge >= 0.3 is 23.9 Å². The van der Waals surface area contributed by atoms with Gasteiger partial charge in [-0.05, 0) is 48.3 Å². The molecule has 3 N–H and O–H groups in total. The molecule has 0 aromatic heterocycles. The lowest BCUT2D eigenvalue weighted by molar-refractivity contribution is -0.158. The van der Waals surface area contributed by atoms with Crippen molar-refractivity contribution in [2.45, 2.75) is 118 Å². The summed E-state index contributed by atoms with van der Waals surface area (Å²) in [7, 11) is 0. The van der Waals surface area contributed by atoms with Crippen LogP contribution >= 0.6 is 0 Å². The van der Waals surface area contributed by atoms with E-state index in [2.05, 4.69) is 0 Å². The van der Waals surface area contributed by atoms with Crippen molar-refractivity contribution in [1.29, 1.82) is 0 Å². The Morgan fingerprint density at radius 1 is 0.900 bits per heavy atom. The fourth-order valence-electron chi connectivity index (χ4n) is 4.80. The Kier molecular flexibility index (Phi) is 11.3. The average molecular weight is 562 g/mol. The molecule has 224 valence electrons. The number of carbonyl (C=O) groups excluding carboxylic acids is 3. The molecule has 1 aliphatic rings. The molecule has 1 unspecified atom stereocenters. The van der Waals surface area contributed by atoms with Gasteiger partial charge in [0.05, 0.1) is 18.8 Å². The molecule has 0 heterocycles. The molecule has 0 amide bonds. The Balaban J connectivity index is 2.25. The highest BCUT2D eigenvalue weighted by Gasteiger charge is 2.38. The number of benzene rings is 1. The first-order valence-electron chi connectivity index (χ1n) is 14.1. The molecule has 9 heteroatoms. The van der Waals surface area contributed by atoms with E-state index in [0.29, 0.717) is 5.56 Å². The molecule has 1 aromatic rings. The number of nitrogens with two attached hydrogens (primary N) is 1. The van der Waals surface area contributed by atoms with E-state index < -0.39 is 29.6 Å². The third-order valence-electron chi connectivity index (χ3n) is 6.66. The van der Waals surface area contributed by atoms with E-state index in [9.17, 15) is 24.3 Å². The zero-order valence-electron chi connectivity index (χ0n) is 25.1. The summed E-state index contributed by atoms with van der Waals surface area (Å²) < 4.78 is 16.7. The summed E-state index contributed by atoms with van der Waals surface area (Å²) >= 11 is 0. The highest BCUT2D eigenvalue weighted by Crippen LogP contribution is 2.33. The van der Waals surface area contributed by atoms with Crippen molar-refractivity contribution in [2.75, 3.05) is 0 Å². The number of aliphatic carboxylic acids is 1. The maximum atomic E-state index is 12.6. The van der Waals surface area contributed by atoms with Gasteiger partial charge in [-0.1, -0.05) is 66.9 Å². The minimum Gasteiger partial charge on any atom is -0.480 e. The van der Waals surface area contributed by atoms with Crippen molar-refractivity contribution in [1.82, 2.24) is 0 Å². The van der Waals surface area contributed by atoms with Crippen LogP contribution in [0.2, 0.25) is 0 Å². The fourth-order valence-corrected chi connectivity index (χ4v) is 4.80. The topological polar surface area (TPSA) is 142 Å². The van der Waals surface area contributed by atoms with Crippen LogP contribution in [0.1, 0.15) is 105 Å². The molecular weight excluding hydrogens is 514 g/mol. The van der Waals surface area contributed by atoms with Gasteiger partial charge in [-0.25, -0.2) is 0 Å². The van der Waals surface area contributed by atoms with E-state index in [0.717, 1.165) is 32.1 Å². The van der Waals surface area contributed by atoms with Gasteiger partial charge in [0, 0.05) is 12.8 Å². The molecule has 1 aliphatic carbocycles. The van der Waals surface area contributed by atoms with Crippen LogP contribution in [-0.2, 0) is 30.3 Å². The number of esters is 3. The number of rotatable bonds is 11. The van der Waals surface area contributed by atoms with Crippen molar-refractivity contribution in [2.24, 2.45) is 22.5 Å². The third kappa shape index (κ3) is 11.3. The third-order valence-corrected chi connectivity index (χ3v) is 6.66. The largest absolute Gasteiger partial charge is 0.480 e. The summed E-state index contributed by atoms with van der Waals surface area (Å²) in [5.74, 6) is -2.65. The molecule has 0 aliphatic heterocycles. The molecule has 1 fully saturated rings. The van der Waals surface area contributed by atoms with E-state index >= 15 is 0 Å². The van der Waals surface area contributed by atoms with Crippen molar-refractivity contribution in [3.63, 3.8) is 0 Å². The summed E-state index contributed by atoms with van der Waals surface area (Å²) in [4.78, 5) is 50.0. The smallest absolute Gasteiger partial charge is 0.324 e. The monoisotopic (exact) mass is 561 g/mol. The van der Waals surface area contributed by atoms with Crippen LogP contribution in [-0.4, -0.2) is 40.6 Å². The van der Waals surface area contributed by atoms with E-state index in [4.69, 9.17) is 19.9 Å². The van der Waals surface area contributed by atoms with Crippen LogP contribution in [0.25, 0.3) is 0 Å². The fraction of sp³-hybridized carbons (Fsp3) is 0.677. The van der Waals surface area contributed by atoms with Crippen molar-refractivity contribution >= 4 is 23.9 Å². The second kappa shape index (κ2) is 13.6. The van der Waals surface area contributed by atoms with Gasteiger partial charge in [-0.15, -0.1) is 0 Å². The molecule has 0 radical (unpaired) electrons. The van der Waals surface area contributed by atoms with Crippen LogP contribution in [0.4, 0.5) is 0 Å². The highest BCUT2D eigenvalue weighted by molar-refractivity contribution is 5.80. The van der Waals surface area contributed by atoms with Gasteiger partial charge in [0.25, 0.3) is 0 Å². The van der Waals surface area contributed by atoms with Crippen LogP contribution in [0.15, 0.2) is 18.2 Å². The second-order valence-electron chi connectivity index (χ2n) is 13.6. The molecule has 1 aromatic carbocycles. The molecule has 2 rings (SSSR count). The maximum Gasteiger partial charge on any atom is 0.324 e. The van der Waals surface area contributed by atoms with Crippen molar-refractivity contribution < 1.29 is 38.5 Å². The molecule has 0 saturated heterocycles. The van der Waals surface area contributed by atoms with Crippen molar-refractivity contribution in [3.8, 4) is 11.5 Å². The zero-order valence-corrected chi connectivity index (χ0v) is 25.1. The lowest BCUT2D eigenvalue weighted by Gasteiger charge is -2.29. The SMILES string of the molecule is C[C@@H](CC(N)(Cc1ccc(OC(=O)CC(C)(C)C)c(OC(=O)CC(C)(C)C)c1)C(=O)O)OC(=O)C1CCCCC1. The Morgan fingerprint density at radius 3 is 1.93 bits per heavy atom. The summed E-state index contributed by atoms with van der Waals surface area (Å²) in [6.45, 7) is 13.0. The minimum atomic E-state index is -1.76. The van der Waals surface area contributed by atoms with Gasteiger partial charge in [0.15, 0.2) is 11.5 Å². The van der Waals surface area contributed by atoms with Gasteiger partial charge in [0.2, 0.25) is 0 Å². The lowest BCUT2D eigenvalue weighted by atomic mass is 9.86. The zero-order chi connectivity index (χ0) is 30.3. The average Bonchev–Trinajstić information content (AvgIpc) is 2.78. The van der Waals surface area contributed by atoms with Crippen LogP contribution in [0, 0.1) is 16.7 Å². The predicted octanol–water partition coefficient (Wildman–Crippen LogP) is 5.60. The number of carbonyl (C=O) groups is 4. The summed E-state index contributed by atoms with van der Waals surface area (Å²) in [6, 6.07) is 4.54. The van der Waals surface area contributed by atoms with Gasteiger partial charge < -0.3 is 25.1 Å². The number of hydrogen-bond donors (Lipinski definition) is 2. The second-order valence-corrected chi connectivity index (χ2v) is 13.6.